The molecule has 8 nitrogen and oxygen atoms in total. The molecule has 2 bridgehead atoms. The zero-order chi connectivity index (χ0) is 28.2. The molecule has 7 rings (SSSR count). The van der Waals surface area contributed by atoms with Crippen molar-refractivity contribution < 1.29 is 13.5 Å². The molecule has 3 fully saturated rings. The van der Waals surface area contributed by atoms with Gasteiger partial charge in [0.15, 0.2) is 5.65 Å². The van der Waals surface area contributed by atoms with Crippen LogP contribution in [0.4, 0.5) is 20.2 Å². The number of benzene rings is 2. The fourth-order valence-electron chi connectivity index (χ4n) is 6.98. The predicted octanol–water partition coefficient (Wildman–Crippen LogP) is 4.92. The van der Waals surface area contributed by atoms with Crippen LogP contribution in [-0.2, 0) is 4.74 Å². The Labute approximate surface area is 237 Å². The Morgan fingerprint density at radius 1 is 1.00 bits per heavy atom. The number of fused-ring (bicyclic) bond motifs is 3. The van der Waals surface area contributed by atoms with Gasteiger partial charge in [0.25, 0.3) is 0 Å². The molecule has 3 aliphatic rings. The number of ether oxygens (including phenoxy) is 1. The molecule has 3 atom stereocenters. The number of hydrogen-bond acceptors (Lipinski definition) is 7. The van der Waals surface area contributed by atoms with E-state index in [1.807, 2.05) is 18.2 Å². The number of nitriles is 1. The molecule has 0 radical (unpaired) electrons. The number of pyridine rings is 1. The van der Waals surface area contributed by atoms with Gasteiger partial charge in [-0.3, -0.25) is 4.57 Å². The molecule has 2 N–H and O–H groups in total. The molecule has 41 heavy (non-hydrogen) atoms. The van der Waals surface area contributed by atoms with E-state index in [9.17, 15) is 9.65 Å². The molecule has 2 aromatic heterocycles. The van der Waals surface area contributed by atoms with Crippen LogP contribution in [0, 0.1) is 23.0 Å². The van der Waals surface area contributed by atoms with Crippen molar-refractivity contribution in [2.45, 2.75) is 56.3 Å². The fourth-order valence-corrected chi connectivity index (χ4v) is 6.98. The van der Waals surface area contributed by atoms with Gasteiger partial charge >= 0.3 is 0 Å². The van der Waals surface area contributed by atoms with Crippen molar-refractivity contribution in [3.8, 4) is 23.1 Å². The van der Waals surface area contributed by atoms with Crippen LogP contribution in [0.5, 0.6) is 0 Å². The van der Waals surface area contributed by atoms with Crippen LogP contribution in [0.25, 0.3) is 28.2 Å². The van der Waals surface area contributed by atoms with Gasteiger partial charge < -0.3 is 20.3 Å². The minimum absolute atomic E-state index is 0.0630. The van der Waals surface area contributed by atoms with Crippen molar-refractivity contribution in [2.75, 3.05) is 30.0 Å². The van der Waals surface area contributed by atoms with Gasteiger partial charge in [0.1, 0.15) is 29.0 Å². The number of methoxy groups -OCH3 is 1. The summed E-state index contributed by atoms with van der Waals surface area (Å²) >= 11 is 0. The molecular formula is C31H31F2N7O. The van der Waals surface area contributed by atoms with Crippen LogP contribution in [0.2, 0.25) is 0 Å². The maximum absolute atomic E-state index is 16.0. The maximum Gasteiger partial charge on any atom is 0.167 e. The Hall–Kier alpha value is -4.07. The average molecular weight is 556 g/mol. The molecule has 2 aromatic carbocycles. The number of nitrogens with zero attached hydrogens (tertiary/aromatic N) is 6. The first kappa shape index (κ1) is 25.9. The minimum atomic E-state index is -0.655. The van der Waals surface area contributed by atoms with Gasteiger partial charge in [0.2, 0.25) is 0 Å². The molecular weight excluding hydrogens is 524 g/mol. The zero-order valence-electron chi connectivity index (χ0n) is 22.8. The van der Waals surface area contributed by atoms with Crippen molar-refractivity contribution in [1.82, 2.24) is 14.5 Å². The summed E-state index contributed by atoms with van der Waals surface area (Å²) < 4.78 is 38.0. The Kier molecular flexibility index (Phi) is 6.36. The summed E-state index contributed by atoms with van der Waals surface area (Å²) in [6.07, 6.45) is 6.68. The summed E-state index contributed by atoms with van der Waals surface area (Å²) in [6.45, 7) is 1.49. The average Bonchev–Trinajstić information content (AvgIpc) is 3.67. The van der Waals surface area contributed by atoms with Gasteiger partial charge in [-0.2, -0.15) is 5.26 Å². The van der Waals surface area contributed by atoms with Crippen LogP contribution >= 0.6 is 0 Å². The summed E-state index contributed by atoms with van der Waals surface area (Å²) in [6, 6.07) is 14.1. The van der Waals surface area contributed by atoms with Crippen LogP contribution in [0.3, 0.4) is 0 Å². The number of piperidine rings is 1. The number of hydrogen-bond donors (Lipinski definition) is 1. The number of nitrogens with two attached hydrogens (primary N) is 1. The third kappa shape index (κ3) is 4.31. The highest BCUT2D eigenvalue weighted by Gasteiger charge is 2.41. The molecule has 0 aliphatic carbocycles. The van der Waals surface area contributed by atoms with E-state index in [-0.39, 0.29) is 23.4 Å². The Bertz CT molecular complexity index is 1670. The van der Waals surface area contributed by atoms with Crippen LogP contribution in [-0.4, -0.2) is 59.0 Å². The first-order chi connectivity index (χ1) is 19.9. The van der Waals surface area contributed by atoms with Gasteiger partial charge in [0, 0.05) is 55.8 Å². The van der Waals surface area contributed by atoms with E-state index in [0.717, 1.165) is 50.0 Å². The SMILES string of the molecule is CO[C@H]1CCN(c2ccc(-n3c(-c4ccc(C#N)c(F)c4)nc4c(N5C6CCC5CC(N)C6)ccnc43)c(F)c2)C1. The molecule has 4 aromatic rings. The lowest BCUT2D eigenvalue weighted by molar-refractivity contribution is 0.121. The van der Waals surface area contributed by atoms with Gasteiger partial charge in [0.05, 0.1) is 23.0 Å². The molecule has 3 saturated heterocycles. The highest BCUT2D eigenvalue weighted by Crippen LogP contribution is 2.42. The third-order valence-corrected chi connectivity index (χ3v) is 8.94. The topological polar surface area (TPSA) is 96.2 Å². The molecule has 3 aliphatic heterocycles. The van der Waals surface area contributed by atoms with Crippen molar-refractivity contribution in [2.24, 2.45) is 5.73 Å². The van der Waals surface area contributed by atoms with Gasteiger partial charge in [-0.25, -0.2) is 18.7 Å². The summed E-state index contributed by atoms with van der Waals surface area (Å²) in [7, 11) is 1.69. The molecule has 0 saturated carbocycles. The summed E-state index contributed by atoms with van der Waals surface area (Å²) in [5, 5.41) is 9.27. The standard InChI is InChI=1S/C31H31F2N7O/c1-41-24-9-11-38(17-24)21-6-7-27(26(33)15-21)40-30(18-2-3-19(16-34)25(32)12-18)37-29-28(8-10-36-31(29)40)39-22-4-5-23(39)14-20(35)13-22/h2-3,6-8,10,12,15,20,22-24H,4-5,9,11,13-14,17,35H2,1H3/t20?,22?,23?,24-/m0/s1. The second kappa shape index (κ2) is 10.1. The largest absolute Gasteiger partial charge is 0.380 e. The summed E-state index contributed by atoms with van der Waals surface area (Å²) in [4.78, 5) is 14.2. The quantitative estimate of drug-likeness (QED) is 0.373. The molecule has 5 heterocycles. The number of halogens is 2. The van der Waals surface area contributed by atoms with Gasteiger partial charge in [-0.1, -0.05) is 0 Å². The van der Waals surface area contributed by atoms with Crippen molar-refractivity contribution in [3.05, 3.63) is 65.9 Å². The fraction of sp³-hybridized carbons (Fsp3) is 0.387. The lowest BCUT2D eigenvalue weighted by atomic mass is 9.97. The van der Waals surface area contributed by atoms with E-state index >= 15 is 4.39 Å². The van der Waals surface area contributed by atoms with E-state index in [2.05, 4.69) is 14.8 Å². The van der Waals surface area contributed by atoms with E-state index in [0.29, 0.717) is 41.2 Å². The van der Waals surface area contributed by atoms with E-state index in [4.69, 9.17) is 15.5 Å². The molecule has 0 amide bonds. The van der Waals surface area contributed by atoms with Crippen LogP contribution in [0.1, 0.15) is 37.7 Å². The second-order valence-electron chi connectivity index (χ2n) is 11.3. The van der Waals surface area contributed by atoms with Gasteiger partial charge in [-0.05, 0) is 74.6 Å². The molecule has 10 heteroatoms. The Balaban J connectivity index is 1.39. The Morgan fingerprint density at radius 3 is 2.49 bits per heavy atom. The summed E-state index contributed by atoms with van der Waals surface area (Å²) in [5.41, 5.74) is 9.81. The zero-order valence-corrected chi connectivity index (χ0v) is 22.8. The first-order valence-corrected chi connectivity index (χ1v) is 14.1. The normalized spacial score (nSPS) is 23.9. The minimum Gasteiger partial charge on any atom is -0.380 e. The van der Waals surface area contributed by atoms with E-state index in [1.165, 1.54) is 18.2 Å². The Morgan fingerprint density at radius 2 is 1.80 bits per heavy atom. The number of imidazole rings is 1. The predicted molar refractivity (Wildman–Crippen MR) is 153 cm³/mol. The van der Waals surface area contributed by atoms with Crippen molar-refractivity contribution in [3.63, 3.8) is 0 Å². The number of anilines is 2. The van der Waals surface area contributed by atoms with Crippen LogP contribution < -0.4 is 15.5 Å². The lowest BCUT2D eigenvalue weighted by Crippen LogP contribution is -2.47. The van der Waals surface area contributed by atoms with E-state index in [1.54, 1.807) is 30.0 Å². The molecule has 2 unspecified atom stereocenters. The van der Waals surface area contributed by atoms with E-state index < -0.39 is 11.6 Å². The monoisotopic (exact) mass is 555 g/mol. The van der Waals surface area contributed by atoms with Crippen molar-refractivity contribution >= 4 is 22.5 Å². The van der Waals surface area contributed by atoms with Crippen molar-refractivity contribution in [1.29, 1.82) is 5.26 Å². The smallest absolute Gasteiger partial charge is 0.167 e. The summed E-state index contributed by atoms with van der Waals surface area (Å²) in [5.74, 6) is -0.733. The van der Waals surface area contributed by atoms with Gasteiger partial charge in [-0.15, -0.1) is 0 Å². The molecule has 0 spiro atoms. The highest BCUT2D eigenvalue weighted by molar-refractivity contribution is 5.91. The second-order valence-corrected chi connectivity index (χ2v) is 11.3. The maximum atomic E-state index is 16.0. The van der Waals surface area contributed by atoms with Crippen LogP contribution in [0.15, 0.2) is 48.7 Å². The number of rotatable bonds is 5. The first-order valence-electron chi connectivity index (χ1n) is 14.1. The highest BCUT2D eigenvalue weighted by atomic mass is 19.1. The molecule has 210 valence electrons. The number of aromatic nitrogens is 3. The third-order valence-electron chi connectivity index (χ3n) is 8.94. The lowest BCUT2D eigenvalue weighted by Gasteiger charge is -2.39.